The zero-order chi connectivity index (χ0) is 23.5. The zero-order valence-electron chi connectivity index (χ0n) is 18.1. The van der Waals surface area contributed by atoms with Gasteiger partial charge in [0.25, 0.3) is 0 Å². The second kappa shape index (κ2) is 9.39. The number of fused-ring (bicyclic) bond motifs is 1. The molecule has 0 fully saturated rings. The Morgan fingerprint density at radius 1 is 0.765 bits per heavy atom. The molecule has 0 amide bonds. The number of thioether (sulfide) groups is 1. The summed E-state index contributed by atoms with van der Waals surface area (Å²) in [5, 5.41) is -0.200. The van der Waals surface area contributed by atoms with E-state index in [0.717, 1.165) is 34.0 Å². The van der Waals surface area contributed by atoms with Gasteiger partial charge >= 0.3 is 6.18 Å². The molecule has 0 spiro atoms. The van der Waals surface area contributed by atoms with Crippen LogP contribution >= 0.6 is 11.8 Å². The highest BCUT2D eigenvalue weighted by molar-refractivity contribution is 7.99. The van der Waals surface area contributed by atoms with Crippen LogP contribution in [0.15, 0.2) is 114 Å². The Hall–Kier alpha value is -3.51. The molecule has 170 valence electrons. The summed E-state index contributed by atoms with van der Waals surface area (Å²) in [5.41, 5.74) is 2.43. The van der Waals surface area contributed by atoms with Gasteiger partial charge in [0.15, 0.2) is 0 Å². The van der Waals surface area contributed by atoms with E-state index in [1.54, 1.807) is 11.8 Å². The molecule has 4 aromatic carbocycles. The summed E-state index contributed by atoms with van der Waals surface area (Å²) >= 11 is 1.64. The Labute approximate surface area is 200 Å². The standard InChI is InChI=1S/C28H21F3N2S/c29-28(30,31)22-16-17-25-24(18-22)32-27(33(25)19-20-10-4-1-5-11-20)26(21-12-6-2-7-13-21)34-23-14-8-3-9-15-23/h1-18,26H,19H2. The number of nitrogens with zero attached hydrogens (tertiary/aromatic N) is 2. The molecule has 1 heterocycles. The quantitative estimate of drug-likeness (QED) is 0.232. The van der Waals surface area contributed by atoms with Gasteiger partial charge in [-0.05, 0) is 41.5 Å². The van der Waals surface area contributed by atoms with Gasteiger partial charge in [0.05, 0.1) is 21.8 Å². The number of halogens is 3. The summed E-state index contributed by atoms with van der Waals surface area (Å²) in [7, 11) is 0. The van der Waals surface area contributed by atoms with Crippen LogP contribution in [0.3, 0.4) is 0 Å². The van der Waals surface area contributed by atoms with Gasteiger partial charge in [-0.15, -0.1) is 11.8 Å². The lowest BCUT2D eigenvalue weighted by Crippen LogP contribution is -2.10. The Morgan fingerprint density at radius 3 is 2.03 bits per heavy atom. The molecule has 1 unspecified atom stereocenters. The number of imidazole rings is 1. The third-order valence-corrected chi connectivity index (χ3v) is 6.89. The van der Waals surface area contributed by atoms with Crippen LogP contribution in [-0.4, -0.2) is 9.55 Å². The van der Waals surface area contributed by atoms with E-state index in [2.05, 4.69) is 0 Å². The monoisotopic (exact) mass is 474 g/mol. The molecule has 0 radical (unpaired) electrons. The van der Waals surface area contributed by atoms with Crippen LogP contribution in [0.2, 0.25) is 0 Å². The molecule has 0 aliphatic rings. The molecule has 0 aliphatic heterocycles. The number of aromatic nitrogens is 2. The van der Waals surface area contributed by atoms with Gasteiger partial charge in [-0.3, -0.25) is 0 Å². The smallest absolute Gasteiger partial charge is 0.322 e. The first-order valence-electron chi connectivity index (χ1n) is 10.9. The van der Waals surface area contributed by atoms with Crippen molar-refractivity contribution in [3.05, 3.63) is 132 Å². The first kappa shape index (κ1) is 22.3. The largest absolute Gasteiger partial charge is 0.416 e. The minimum atomic E-state index is -4.42. The Bertz CT molecular complexity index is 1380. The Kier molecular flexibility index (Phi) is 6.16. The van der Waals surface area contributed by atoms with E-state index in [0.29, 0.717) is 17.6 Å². The summed E-state index contributed by atoms with van der Waals surface area (Å²) < 4.78 is 42.4. The van der Waals surface area contributed by atoms with Crippen molar-refractivity contribution in [3.63, 3.8) is 0 Å². The van der Waals surface area contributed by atoms with E-state index in [4.69, 9.17) is 4.98 Å². The first-order valence-corrected chi connectivity index (χ1v) is 11.7. The van der Waals surface area contributed by atoms with Gasteiger partial charge in [-0.2, -0.15) is 13.2 Å². The van der Waals surface area contributed by atoms with Gasteiger partial charge in [0, 0.05) is 11.4 Å². The molecule has 1 aromatic heterocycles. The number of rotatable bonds is 6. The van der Waals surface area contributed by atoms with Crippen molar-refractivity contribution in [2.24, 2.45) is 0 Å². The van der Waals surface area contributed by atoms with Crippen molar-refractivity contribution in [3.8, 4) is 0 Å². The van der Waals surface area contributed by atoms with Crippen LogP contribution in [-0.2, 0) is 12.7 Å². The van der Waals surface area contributed by atoms with Crippen LogP contribution in [0.1, 0.15) is 27.8 Å². The fourth-order valence-corrected chi connectivity index (χ4v) is 5.15. The molecular weight excluding hydrogens is 453 g/mol. The Balaban J connectivity index is 1.70. The molecule has 6 heteroatoms. The predicted octanol–water partition coefficient (Wildman–Crippen LogP) is 7.99. The molecule has 5 rings (SSSR count). The van der Waals surface area contributed by atoms with E-state index >= 15 is 0 Å². The van der Waals surface area contributed by atoms with Gasteiger partial charge in [0.2, 0.25) is 0 Å². The van der Waals surface area contributed by atoms with Crippen LogP contribution in [0.4, 0.5) is 13.2 Å². The number of hydrogen-bond acceptors (Lipinski definition) is 2. The van der Waals surface area contributed by atoms with Crippen LogP contribution in [0.5, 0.6) is 0 Å². The van der Waals surface area contributed by atoms with E-state index in [1.807, 2.05) is 95.6 Å². The predicted molar refractivity (Wildman–Crippen MR) is 131 cm³/mol. The lowest BCUT2D eigenvalue weighted by Gasteiger charge is -2.19. The van der Waals surface area contributed by atoms with Crippen molar-refractivity contribution >= 4 is 22.8 Å². The molecule has 0 saturated heterocycles. The summed E-state index contributed by atoms with van der Waals surface area (Å²) in [5.74, 6) is 0.721. The van der Waals surface area contributed by atoms with Crippen molar-refractivity contribution in [1.29, 1.82) is 0 Å². The van der Waals surface area contributed by atoms with Crippen molar-refractivity contribution < 1.29 is 13.2 Å². The SMILES string of the molecule is FC(F)(F)c1ccc2c(c1)nc(C(Sc1ccccc1)c1ccccc1)n2Cc1ccccc1. The number of alkyl halides is 3. The van der Waals surface area contributed by atoms with Crippen LogP contribution < -0.4 is 0 Å². The highest BCUT2D eigenvalue weighted by atomic mass is 32.2. The molecular formula is C28H21F3N2S. The van der Waals surface area contributed by atoms with Crippen LogP contribution in [0.25, 0.3) is 11.0 Å². The van der Waals surface area contributed by atoms with Crippen molar-refractivity contribution in [2.45, 2.75) is 22.9 Å². The van der Waals surface area contributed by atoms with Gasteiger partial charge in [-0.1, -0.05) is 78.9 Å². The van der Waals surface area contributed by atoms with E-state index in [-0.39, 0.29) is 5.25 Å². The molecule has 5 aromatic rings. The highest BCUT2D eigenvalue weighted by Crippen LogP contribution is 2.42. The third kappa shape index (κ3) is 4.73. The Morgan fingerprint density at radius 2 is 1.38 bits per heavy atom. The van der Waals surface area contributed by atoms with Gasteiger partial charge < -0.3 is 4.57 Å². The maximum atomic E-state index is 13.4. The normalized spacial score (nSPS) is 12.7. The minimum Gasteiger partial charge on any atom is -0.322 e. The van der Waals surface area contributed by atoms with Crippen molar-refractivity contribution in [1.82, 2.24) is 9.55 Å². The molecule has 34 heavy (non-hydrogen) atoms. The second-order valence-electron chi connectivity index (χ2n) is 7.96. The van der Waals surface area contributed by atoms with E-state index in [9.17, 15) is 13.2 Å². The number of hydrogen-bond donors (Lipinski definition) is 0. The molecule has 0 aliphatic carbocycles. The van der Waals surface area contributed by atoms with E-state index in [1.165, 1.54) is 6.07 Å². The summed E-state index contributed by atoms with van der Waals surface area (Å²) in [4.78, 5) is 5.86. The summed E-state index contributed by atoms with van der Waals surface area (Å²) in [6.45, 7) is 0.511. The maximum absolute atomic E-state index is 13.4. The minimum absolute atomic E-state index is 0.200. The lowest BCUT2D eigenvalue weighted by molar-refractivity contribution is -0.137. The zero-order valence-corrected chi connectivity index (χ0v) is 18.9. The summed E-state index contributed by atoms with van der Waals surface area (Å²) in [6.07, 6.45) is -4.42. The second-order valence-corrected chi connectivity index (χ2v) is 9.14. The fourth-order valence-electron chi connectivity index (χ4n) is 3.99. The average Bonchev–Trinajstić information content (AvgIpc) is 3.21. The fraction of sp³-hybridized carbons (Fsp3) is 0.107. The molecule has 2 nitrogen and oxygen atoms in total. The first-order chi connectivity index (χ1) is 16.5. The summed E-state index contributed by atoms with van der Waals surface area (Å²) in [6, 6.07) is 33.7. The van der Waals surface area contributed by atoms with E-state index < -0.39 is 11.7 Å². The van der Waals surface area contributed by atoms with Gasteiger partial charge in [-0.25, -0.2) is 4.98 Å². The third-order valence-electron chi connectivity index (χ3n) is 5.62. The molecule has 1 atom stereocenters. The maximum Gasteiger partial charge on any atom is 0.416 e. The molecule has 0 saturated carbocycles. The van der Waals surface area contributed by atoms with Crippen molar-refractivity contribution in [2.75, 3.05) is 0 Å². The topological polar surface area (TPSA) is 17.8 Å². The van der Waals surface area contributed by atoms with Gasteiger partial charge in [0.1, 0.15) is 5.82 Å². The molecule has 0 bridgehead atoms. The van der Waals surface area contributed by atoms with Crippen LogP contribution in [0, 0.1) is 0 Å². The highest BCUT2D eigenvalue weighted by Gasteiger charge is 2.32. The molecule has 0 N–H and O–H groups in total. The number of benzene rings is 4. The average molecular weight is 475 g/mol. The lowest BCUT2D eigenvalue weighted by atomic mass is 10.1.